The summed E-state index contributed by atoms with van der Waals surface area (Å²) in [6.07, 6.45) is 2.27. The summed E-state index contributed by atoms with van der Waals surface area (Å²) in [7, 11) is 1.54. The SMILES string of the molecule is CCCOc1cc(/C=C2\OC(Nc3ccccc3)=C(C(=O)[O-])C2=O)ccc1OC. The fourth-order valence-electron chi connectivity index (χ4n) is 2.71. The van der Waals surface area contributed by atoms with Gasteiger partial charge in [-0.1, -0.05) is 31.2 Å². The summed E-state index contributed by atoms with van der Waals surface area (Å²) in [4.78, 5) is 24.1. The van der Waals surface area contributed by atoms with E-state index in [-0.39, 0.29) is 11.6 Å². The largest absolute Gasteiger partial charge is 0.544 e. The van der Waals surface area contributed by atoms with Crippen molar-refractivity contribution in [2.24, 2.45) is 0 Å². The predicted molar refractivity (Wildman–Crippen MR) is 105 cm³/mol. The summed E-state index contributed by atoms with van der Waals surface area (Å²) in [6, 6.07) is 13.9. The molecule has 0 atom stereocenters. The lowest BCUT2D eigenvalue weighted by atomic mass is 10.1. The fraction of sp³-hybridized carbons (Fsp3) is 0.182. The number of carbonyl (C=O) groups excluding carboxylic acids is 2. The van der Waals surface area contributed by atoms with Crippen LogP contribution in [0.2, 0.25) is 0 Å². The number of aliphatic carboxylic acids is 1. The molecule has 0 saturated carbocycles. The van der Waals surface area contributed by atoms with E-state index in [1.807, 2.05) is 13.0 Å². The number of hydrogen-bond acceptors (Lipinski definition) is 7. The molecule has 2 aromatic rings. The number of para-hydroxylation sites is 1. The van der Waals surface area contributed by atoms with Gasteiger partial charge in [0, 0.05) is 5.69 Å². The van der Waals surface area contributed by atoms with Crippen molar-refractivity contribution < 1.29 is 28.9 Å². The Morgan fingerprint density at radius 2 is 1.93 bits per heavy atom. The maximum absolute atomic E-state index is 12.6. The Hall–Kier alpha value is -3.74. The number of allylic oxidation sites excluding steroid dienone is 1. The number of carbonyl (C=O) groups is 2. The minimum Gasteiger partial charge on any atom is -0.544 e. The number of hydrogen-bond donors (Lipinski definition) is 1. The zero-order valence-electron chi connectivity index (χ0n) is 16.1. The molecule has 0 unspecified atom stereocenters. The molecule has 1 aliphatic rings. The highest BCUT2D eigenvalue weighted by atomic mass is 16.5. The Labute approximate surface area is 168 Å². The van der Waals surface area contributed by atoms with Crippen molar-refractivity contribution in [3.05, 3.63) is 71.3 Å². The highest BCUT2D eigenvalue weighted by molar-refractivity contribution is 6.25. The van der Waals surface area contributed by atoms with Crippen LogP contribution in [-0.2, 0) is 14.3 Å². The van der Waals surface area contributed by atoms with E-state index in [0.29, 0.717) is 29.4 Å². The average Bonchev–Trinajstić information content (AvgIpc) is 3.02. The molecule has 0 fully saturated rings. The zero-order valence-corrected chi connectivity index (χ0v) is 16.1. The summed E-state index contributed by atoms with van der Waals surface area (Å²) in [5.74, 6) is -1.62. The van der Waals surface area contributed by atoms with Crippen LogP contribution in [0.5, 0.6) is 11.5 Å². The van der Waals surface area contributed by atoms with E-state index in [4.69, 9.17) is 14.2 Å². The Bertz CT molecular complexity index is 978. The van der Waals surface area contributed by atoms with Crippen molar-refractivity contribution in [2.75, 3.05) is 19.0 Å². The Morgan fingerprint density at radius 3 is 2.59 bits per heavy atom. The number of rotatable bonds is 8. The van der Waals surface area contributed by atoms with Gasteiger partial charge in [-0.15, -0.1) is 0 Å². The number of carboxylic acid groups (broad SMARTS) is 1. The summed E-state index contributed by atoms with van der Waals surface area (Å²) in [6.45, 7) is 2.49. The minimum atomic E-state index is -1.61. The van der Waals surface area contributed by atoms with Crippen molar-refractivity contribution in [1.29, 1.82) is 0 Å². The average molecular weight is 394 g/mol. The van der Waals surface area contributed by atoms with Gasteiger partial charge in [-0.2, -0.15) is 0 Å². The van der Waals surface area contributed by atoms with Gasteiger partial charge >= 0.3 is 0 Å². The first-order chi connectivity index (χ1) is 14.0. The third-order valence-corrected chi connectivity index (χ3v) is 4.07. The molecule has 1 aliphatic heterocycles. The zero-order chi connectivity index (χ0) is 20.8. The number of nitrogens with one attached hydrogen (secondary N) is 1. The third-order valence-electron chi connectivity index (χ3n) is 4.07. The number of carboxylic acids is 1. The van der Waals surface area contributed by atoms with E-state index >= 15 is 0 Å². The van der Waals surface area contributed by atoms with Gasteiger partial charge in [0.25, 0.3) is 0 Å². The van der Waals surface area contributed by atoms with E-state index in [0.717, 1.165) is 6.42 Å². The smallest absolute Gasteiger partial charge is 0.235 e. The summed E-state index contributed by atoms with van der Waals surface area (Å²) >= 11 is 0. The molecule has 0 spiro atoms. The second-order valence-electron chi connectivity index (χ2n) is 6.18. The topological polar surface area (TPSA) is 96.9 Å². The Kier molecular flexibility index (Phi) is 6.19. The number of anilines is 1. The van der Waals surface area contributed by atoms with E-state index in [1.165, 1.54) is 13.2 Å². The van der Waals surface area contributed by atoms with Gasteiger partial charge in [0.15, 0.2) is 17.3 Å². The van der Waals surface area contributed by atoms with Crippen LogP contribution in [0.4, 0.5) is 5.69 Å². The Balaban J connectivity index is 1.89. The normalized spacial score (nSPS) is 14.7. The molecule has 0 bridgehead atoms. The number of ketones is 1. The molecule has 0 saturated heterocycles. The Morgan fingerprint density at radius 1 is 1.17 bits per heavy atom. The van der Waals surface area contributed by atoms with E-state index < -0.39 is 17.3 Å². The van der Waals surface area contributed by atoms with Crippen molar-refractivity contribution >= 4 is 23.5 Å². The molecule has 7 heteroatoms. The van der Waals surface area contributed by atoms with Gasteiger partial charge in [0.1, 0.15) is 5.57 Å². The van der Waals surface area contributed by atoms with Crippen LogP contribution in [-0.4, -0.2) is 25.5 Å². The molecule has 2 aromatic carbocycles. The van der Waals surface area contributed by atoms with Crippen molar-refractivity contribution in [2.45, 2.75) is 13.3 Å². The first-order valence-electron chi connectivity index (χ1n) is 9.06. The van der Waals surface area contributed by atoms with Gasteiger partial charge < -0.3 is 29.4 Å². The van der Waals surface area contributed by atoms with E-state index in [2.05, 4.69) is 5.32 Å². The summed E-state index contributed by atoms with van der Waals surface area (Å²) in [5, 5.41) is 14.3. The second-order valence-corrected chi connectivity index (χ2v) is 6.18. The molecule has 150 valence electrons. The first kappa shape index (κ1) is 20.0. The van der Waals surface area contributed by atoms with Crippen LogP contribution in [0.1, 0.15) is 18.9 Å². The van der Waals surface area contributed by atoms with Crippen LogP contribution in [0, 0.1) is 0 Å². The minimum absolute atomic E-state index is 0.130. The highest BCUT2D eigenvalue weighted by Gasteiger charge is 2.32. The highest BCUT2D eigenvalue weighted by Crippen LogP contribution is 2.31. The van der Waals surface area contributed by atoms with Crippen LogP contribution in [0.15, 0.2) is 65.7 Å². The maximum atomic E-state index is 12.6. The number of Topliss-reactive ketones (excluding diaryl/α,β-unsaturated/α-hetero) is 1. The number of ether oxygens (including phenoxy) is 3. The van der Waals surface area contributed by atoms with E-state index in [9.17, 15) is 14.7 Å². The molecule has 29 heavy (non-hydrogen) atoms. The van der Waals surface area contributed by atoms with Crippen LogP contribution in [0.3, 0.4) is 0 Å². The van der Waals surface area contributed by atoms with Gasteiger partial charge in [-0.25, -0.2) is 0 Å². The van der Waals surface area contributed by atoms with Crippen LogP contribution in [0.25, 0.3) is 6.08 Å². The van der Waals surface area contributed by atoms with E-state index in [1.54, 1.807) is 42.5 Å². The molecule has 3 rings (SSSR count). The molecule has 0 aliphatic carbocycles. The summed E-state index contributed by atoms with van der Waals surface area (Å²) < 4.78 is 16.5. The molecular formula is C22H20NO6-. The number of benzene rings is 2. The molecule has 0 aromatic heterocycles. The van der Waals surface area contributed by atoms with Gasteiger partial charge in [-0.05, 0) is 42.3 Å². The quantitative estimate of drug-likeness (QED) is 0.543. The lowest BCUT2D eigenvalue weighted by Gasteiger charge is -2.11. The van der Waals surface area contributed by atoms with Gasteiger partial charge in [0.2, 0.25) is 11.7 Å². The standard InChI is InChI=1S/C22H21NO6/c1-3-11-28-17-12-14(9-10-16(17)27-2)13-18-20(24)19(22(25)26)21(29-18)23-15-7-5-4-6-8-15/h4-10,12-13,23H,3,11H2,1-2H3,(H,25,26)/p-1/b18-13-. The number of methoxy groups -OCH3 is 1. The summed E-state index contributed by atoms with van der Waals surface area (Å²) in [5.41, 5.74) is 0.616. The van der Waals surface area contributed by atoms with Gasteiger partial charge in [0.05, 0.1) is 19.7 Å². The molecule has 1 N–H and O–H groups in total. The maximum Gasteiger partial charge on any atom is 0.235 e. The fourth-order valence-corrected chi connectivity index (χ4v) is 2.71. The second kappa shape index (κ2) is 8.97. The van der Waals surface area contributed by atoms with Crippen molar-refractivity contribution in [1.82, 2.24) is 0 Å². The molecule has 7 nitrogen and oxygen atoms in total. The molecule has 1 heterocycles. The molecule has 0 radical (unpaired) electrons. The third kappa shape index (κ3) is 4.57. The lowest BCUT2D eigenvalue weighted by molar-refractivity contribution is -0.298. The monoisotopic (exact) mass is 394 g/mol. The van der Waals surface area contributed by atoms with Gasteiger partial charge in [-0.3, -0.25) is 4.79 Å². The van der Waals surface area contributed by atoms with Crippen LogP contribution >= 0.6 is 0 Å². The van der Waals surface area contributed by atoms with Crippen LogP contribution < -0.4 is 19.9 Å². The predicted octanol–water partition coefficient (Wildman–Crippen LogP) is 2.50. The lowest BCUT2D eigenvalue weighted by Crippen LogP contribution is -2.28. The van der Waals surface area contributed by atoms with Crippen molar-refractivity contribution in [3.8, 4) is 11.5 Å². The van der Waals surface area contributed by atoms with Crippen molar-refractivity contribution in [3.63, 3.8) is 0 Å². The first-order valence-corrected chi connectivity index (χ1v) is 9.06. The molecule has 0 amide bonds. The molecular weight excluding hydrogens is 374 g/mol.